The minimum atomic E-state index is -0.215. The first-order chi connectivity index (χ1) is 10.3. The number of aliphatic hydroxyl groups excluding tert-OH is 1. The summed E-state index contributed by atoms with van der Waals surface area (Å²) in [4.78, 5) is 0. The molecule has 0 fully saturated rings. The van der Waals surface area contributed by atoms with Crippen LogP contribution in [0.1, 0.15) is 18.1 Å². The Bertz CT molecular complexity index is 532. The topological polar surface area (TPSA) is 47.9 Å². The number of hydrogen-bond donors (Lipinski definition) is 1. The normalized spacial score (nSPS) is 11.8. The van der Waals surface area contributed by atoms with Crippen molar-refractivity contribution < 1.29 is 19.3 Å². The summed E-state index contributed by atoms with van der Waals surface area (Å²) < 4.78 is 16.5. The molecule has 2 aromatic carbocycles. The number of benzene rings is 2. The third kappa shape index (κ3) is 4.13. The third-order valence-corrected chi connectivity index (χ3v) is 3.17. The van der Waals surface area contributed by atoms with E-state index in [0.29, 0.717) is 23.7 Å². The van der Waals surface area contributed by atoms with E-state index < -0.39 is 0 Å². The molecule has 0 aromatic heterocycles. The van der Waals surface area contributed by atoms with Gasteiger partial charge in [0.2, 0.25) is 0 Å². The maximum absolute atomic E-state index is 9.25. The van der Waals surface area contributed by atoms with Crippen molar-refractivity contribution in [1.82, 2.24) is 0 Å². The van der Waals surface area contributed by atoms with Crippen LogP contribution in [0.2, 0.25) is 0 Å². The van der Waals surface area contributed by atoms with E-state index in [1.54, 1.807) is 32.4 Å². The molecule has 0 heterocycles. The van der Waals surface area contributed by atoms with E-state index in [2.05, 4.69) is 0 Å². The van der Waals surface area contributed by atoms with Crippen molar-refractivity contribution in [3.05, 3.63) is 54.1 Å². The van der Waals surface area contributed by atoms with Crippen LogP contribution in [0.4, 0.5) is 0 Å². The summed E-state index contributed by atoms with van der Waals surface area (Å²) in [7, 11) is 3.20. The Labute approximate surface area is 124 Å². The smallest absolute Gasteiger partial charge is 0.127 e. The molecule has 112 valence electrons. The number of rotatable bonds is 7. The second kappa shape index (κ2) is 7.55. The molecular weight excluding hydrogens is 268 g/mol. The van der Waals surface area contributed by atoms with E-state index in [1.807, 2.05) is 30.3 Å². The van der Waals surface area contributed by atoms with Crippen LogP contribution in [0.25, 0.3) is 0 Å². The lowest BCUT2D eigenvalue weighted by molar-refractivity contribution is 0.155. The van der Waals surface area contributed by atoms with Gasteiger partial charge in [-0.3, -0.25) is 0 Å². The molecule has 0 saturated heterocycles. The van der Waals surface area contributed by atoms with Gasteiger partial charge in [-0.15, -0.1) is 0 Å². The monoisotopic (exact) mass is 288 g/mol. The zero-order valence-electron chi connectivity index (χ0n) is 12.3. The molecule has 1 N–H and O–H groups in total. The van der Waals surface area contributed by atoms with Crippen molar-refractivity contribution in [2.24, 2.45) is 0 Å². The fourth-order valence-electron chi connectivity index (χ4n) is 2.09. The van der Waals surface area contributed by atoms with E-state index >= 15 is 0 Å². The fourth-order valence-corrected chi connectivity index (χ4v) is 2.09. The molecular formula is C17H20O4. The predicted molar refractivity (Wildman–Crippen MR) is 81.1 cm³/mol. The molecule has 0 aliphatic rings. The average Bonchev–Trinajstić information content (AvgIpc) is 2.55. The van der Waals surface area contributed by atoms with Crippen molar-refractivity contribution in [3.8, 4) is 17.2 Å². The van der Waals surface area contributed by atoms with Crippen molar-refractivity contribution in [1.29, 1.82) is 0 Å². The molecule has 0 spiro atoms. The van der Waals surface area contributed by atoms with Crippen LogP contribution >= 0.6 is 0 Å². The first-order valence-corrected chi connectivity index (χ1v) is 6.82. The van der Waals surface area contributed by atoms with Gasteiger partial charge in [0.1, 0.15) is 23.4 Å². The fraction of sp³-hybridized carbons (Fsp3) is 0.294. The van der Waals surface area contributed by atoms with Crippen LogP contribution in [0.15, 0.2) is 48.5 Å². The van der Waals surface area contributed by atoms with Crippen LogP contribution in [0, 0.1) is 0 Å². The zero-order valence-corrected chi connectivity index (χ0v) is 12.3. The van der Waals surface area contributed by atoms with E-state index in [0.717, 1.165) is 5.56 Å². The molecule has 4 nitrogen and oxygen atoms in total. The molecule has 0 bridgehead atoms. The van der Waals surface area contributed by atoms with Gasteiger partial charge < -0.3 is 19.3 Å². The number of hydrogen-bond acceptors (Lipinski definition) is 4. The summed E-state index contributed by atoms with van der Waals surface area (Å²) in [6.45, 7) is 0.0562. The predicted octanol–water partition coefficient (Wildman–Crippen LogP) is 3.21. The maximum Gasteiger partial charge on any atom is 0.127 e. The van der Waals surface area contributed by atoms with E-state index in [9.17, 15) is 5.11 Å². The summed E-state index contributed by atoms with van der Waals surface area (Å²) in [5.74, 6) is 1.98. The van der Waals surface area contributed by atoms with Crippen molar-refractivity contribution in [3.63, 3.8) is 0 Å². The van der Waals surface area contributed by atoms with Gasteiger partial charge in [-0.05, 0) is 5.56 Å². The first kappa shape index (κ1) is 15.2. The number of ether oxygens (including phenoxy) is 3. The van der Waals surface area contributed by atoms with Crippen molar-refractivity contribution in [2.75, 3.05) is 20.8 Å². The maximum atomic E-state index is 9.25. The molecule has 0 radical (unpaired) electrons. The Hall–Kier alpha value is -2.20. The van der Waals surface area contributed by atoms with E-state index in [1.165, 1.54) is 0 Å². The Morgan fingerprint density at radius 1 is 0.905 bits per heavy atom. The zero-order chi connectivity index (χ0) is 15.1. The quantitative estimate of drug-likeness (QED) is 0.850. The summed E-state index contributed by atoms with van der Waals surface area (Å²) in [5, 5.41) is 9.25. The standard InChI is InChI=1S/C17H20O4/c1-19-14-10-15(20-2)12-16(11-14)21-17(8-9-18)13-6-4-3-5-7-13/h3-7,10-12,17-18H,8-9H2,1-2H3/t17-/m1/s1. The van der Waals surface area contributed by atoms with Gasteiger partial charge >= 0.3 is 0 Å². The van der Waals surface area contributed by atoms with Gasteiger partial charge in [-0.2, -0.15) is 0 Å². The highest BCUT2D eigenvalue weighted by atomic mass is 16.5. The van der Waals surface area contributed by atoms with Gasteiger partial charge in [0.15, 0.2) is 0 Å². The molecule has 0 aliphatic heterocycles. The molecule has 4 heteroatoms. The Balaban J connectivity index is 2.24. The van der Waals surface area contributed by atoms with Crippen LogP contribution < -0.4 is 14.2 Å². The lowest BCUT2D eigenvalue weighted by Gasteiger charge is -2.19. The number of aliphatic hydroxyl groups is 1. The molecule has 0 saturated carbocycles. The van der Waals surface area contributed by atoms with Crippen molar-refractivity contribution in [2.45, 2.75) is 12.5 Å². The van der Waals surface area contributed by atoms with Gasteiger partial charge in [-0.25, -0.2) is 0 Å². The van der Waals surface area contributed by atoms with Crippen LogP contribution in [0.5, 0.6) is 17.2 Å². The highest BCUT2D eigenvalue weighted by Gasteiger charge is 2.14. The second-order valence-electron chi connectivity index (χ2n) is 4.58. The largest absolute Gasteiger partial charge is 0.496 e. The van der Waals surface area contributed by atoms with Crippen LogP contribution in [-0.4, -0.2) is 25.9 Å². The van der Waals surface area contributed by atoms with Crippen LogP contribution in [-0.2, 0) is 0 Å². The molecule has 2 aromatic rings. The lowest BCUT2D eigenvalue weighted by Crippen LogP contribution is -2.09. The lowest BCUT2D eigenvalue weighted by atomic mass is 10.1. The van der Waals surface area contributed by atoms with Gasteiger partial charge in [0.25, 0.3) is 0 Å². The molecule has 2 rings (SSSR count). The first-order valence-electron chi connectivity index (χ1n) is 6.82. The minimum absolute atomic E-state index is 0.0562. The summed E-state index contributed by atoms with van der Waals surface area (Å²) in [6.07, 6.45) is 0.303. The SMILES string of the molecule is COc1cc(OC)cc(O[C@H](CCO)c2ccccc2)c1. The minimum Gasteiger partial charge on any atom is -0.496 e. The Morgan fingerprint density at radius 3 is 2.00 bits per heavy atom. The van der Waals surface area contributed by atoms with E-state index in [-0.39, 0.29) is 12.7 Å². The summed E-state index contributed by atoms with van der Waals surface area (Å²) in [5.41, 5.74) is 1.02. The van der Waals surface area contributed by atoms with E-state index in [4.69, 9.17) is 14.2 Å². The number of methoxy groups -OCH3 is 2. The summed E-state index contributed by atoms with van der Waals surface area (Å²) in [6, 6.07) is 15.2. The highest BCUT2D eigenvalue weighted by Crippen LogP contribution is 2.31. The molecule has 0 unspecified atom stereocenters. The second-order valence-corrected chi connectivity index (χ2v) is 4.58. The van der Waals surface area contributed by atoms with Gasteiger partial charge in [-0.1, -0.05) is 30.3 Å². The molecule has 21 heavy (non-hydrogen) atoms. The highest BCUT2D eigenvalue weighted by molar-refractivity contribution is 5.42. The molecule has 1 atom stereocenters. The van der Waals surface area contributed by atoms with Gasteiger partial charge in [0, 0.05) is 31.2 Å². The summed E-state index contributed by atoms with van der Waals surface area (Å²) >= 11 is 0. The molecule has 0 amide bonds. The van der Waals surface area contributed by atoms with Crippen LogP contribution in [0.3, 0.4) is 0 Å². The Morgan fingerprint density at radius 2 is 1.48 bits per heavy atom. The molecule has 0 aliphatic carbocycles. The third-order valence-electron chi connectivity index (χ3n) is 3.17. The van der Waals surface area contributed by atoms with Crippen molar-refractivity contribution >= 4 is 0 Å². The Kier molecular flexibility index (Phi) is 5.46. The average molecular weight is 288 g/mol. The van der Waals surface area contributed by atoms with Gasteiger partial charge in [0.05, 0.1) is 14.2 Å².